The monoisotopic (exact) mass is 469 g/mol. The molecule has 0 saturated heterocycles. The lowest BCUT2D eigenvalue weighted by Gasteiger charge is -2.37. The molecule has 0 radical (unpaired) electrons. The Morgan fingerprint density at radius 1 is 1.24 bits per heavy atom. The first-order chi connectivity index (χ1) is 13.8. The Hall–Kier alpha value is -2.20. The molecule has 1 aromatic carbocycles. The van der Waals surface area contributed by atoms with Crippen LogP contribution < -0.4 is 11.1 Å². The predicted molar refractivity (Wildman–Crippen MR) is 104 cm³/mol. The van der Waals surface area contributed by atoms with Gasteiger partial charge in [-0.1, -0.05) is 18.2 Å². The van der Waals surface area contributed by atoms with Gasteiger partial charge in [0.15, 0.2) is 5.69 Å². The van der Waals surface area contributed by atoms with Gasteiger partial charge in [-0.25, -0.2) is 9.97 Å². The highest BCUT2D eigenvalue weighted by Crippen LogP contribution is 2.37. The number of halogens is 4. The minimum Gasteiger partial charge on any atom is -0.351 e. The molecule has 10 heteroatoms. The van der Waals surface area contributed by atoms with E-state index in [2.05, 4.69) is 31.2 Å². The third kappa shape index (κ3) is 3.83. The molecule has 1 amide bonds. The van der Waals surface area contributed by atoms with E-state index < -0.39 is 18.0 Å². The minimum absolute atomic E-state index is 0.0773. The Morgan fingerprint density at radius 2 is 2.00 bits per heavy atom. The molecule has 1 saturated carbocycles. The van der Waals surface area contributed by atoms with Gasteiger partial charge < -0.3 is 16.0 Å². The molecular weight excluding hydrogens is 451 g/mol. The lowest BCUT2D eigenvalue weighted by molar-refractivity contribution is -0.141. The van der Waals surface area contributed by atoms with Crippen molar-refractivity contribution in [2.45, 2.75) is 50.1 Å². The average molecular weight is 470 g/mol. The molecule has 0 spiro atoms. The Morgan fingerprint density at radius 3 is 2.72 bits per heavy atom. The number of hydrogen-bond acceptors (Lipinski definition) is 5. The molecule has 1 aliphatic carbocycles. The van der Waals surface area contributed by atoms with Gasteiger partial charge >= 0.3 is 6.18 Å². The highest BCUT2D eigenvalue weighted by atomic mass is 79.9. The van der Waals surface area contributed by atoms with Crippen molar-refractivity contribution in [1.29, 1.82) is 0 Å². The Kier molecular flexibility index (Phi) is 5.24. The molecular formula is C19H19BrF3N5O. The van der Waals surface area contributed by atoms with E-state index in [1.54, 1.807) is 17.0 Å². The van der Waals surface area contributed by atoms with Crippen molar-refractivity contribution in [2.75, 3.05) is 5.32 Å². The molecule has 154 valence electrons. The highest BCUT2D eigenvalue weighted by Gasteiger charge is 2.40. The number of alkyl halides is 3. The predicted octanol–water partition coefficient (Wildman–Crippen LogP) is 4.09. The SMILES string of the molecule is NC1c2ccccc2C(=O)N1[C@H]1CCC[C@@H](Nc2ncc(Br)c(C(F)(F)F)n2)C1. The summed E-state index contributed by atoms with van der Waals surface area (Å²) in [6, 6.07) is 7.02. The number of carbonyl (C=O) groups excluding carboxylic acids is 1. The fraction of sp³-hybridized carbons (Fsp3) is 0.421. The second-order valence-electron chi connectivity index (χ2n) is 7.29. The Bertz CT molecular complexity index is 938. The Balaban J connectivity index is 1.50. The molecule has 6 nitrogen and oxygen atoms in total. The standard InChI is InChI=1S/C19H19BrF3N5O/c20-14-9-25-18(27-15(14)19(21,22)23)26-10-4-3-5-11(8-10)28-16(24)12-6-1-2-7-13(12)17(28)29/h1-2,6-7,9-11,16H,3-5,8,24H2,(H,25,26,27)/t10-,11+,16?/m1/s1. The molecule has 0 bridgehead atoms. The van der Waals surface area contributed by atoms with Crippen LogP contribution >= 0.6 is 15.9 Å². The van der Waals surface area contributed by atoms with Crippen LogP contribution in [0.25, 0.3) is 0 Å². The zero-order valence-electron chi connectivity index (χ0n) is 15.3. The van der Waals surface area contributed by atoms with Crippen LogP contribution in [0.3, 0.4) is 0 Å². The summed E-state index contributed by atoms with van der Waals surface area (Å²) >= 11 is 2.84. The zero-order chi connectivity index (χ0) is 20.8. The third-order valence-electron chi connectivity index (χ3n) is 5.43. The number of nitrogens with one attached hydrogen (secondary N) is 1. The third-order valence-corrected chi connectivity index (χ3v) is 6.01. The van der Waals surface area contributed by atoms with Gasteiger partial charge in [-0.3, -0.25) is 4.79 Å². The lowest BCUT2D eigenvalue weighted by Crippen LogP contribution is -2.46. The summed E-state index contributed by atoms with van der Waals surface area (Å²) in [4.78, 5) is 22.1. The van der Waals surface area contributed by atoms with Crippen molar-refractivity contribution in [3.63, 3.8) is 0 Å². The number of amides is 1. The summed E-state index contributed by atoms with van der Waals surface area (Å²) < 4.78 is 39.0. The van der Waals surface area contributed by atoms with Crippen LogP contribution in [0.5, 0.6) is 0 Å². The summed E-state index contributed by atoms with van der Waals surface area (Å²) in [6.07, 6.45) is -1.07. The quantitative estimate of drug-likeness (QED) is 0.706. The molecule has 1 unspecified atom stereocenters. The molecule has 3 N–H and O–H groups in total. The van der Waals surface area contributed by atoms with Gasteiger partial charge in [-0.15, -0.1) is 0 Å². The number of benzene rings is 1. The molecule has 1 aromatic heterocycles. The average Bonchev–Trinajstić information content (AvgIpc) is 2.94. The van der Waals surface area contributed by atoms with E-state index in [1.165, 1.54) is 0 Å². The van der Waals surface area contributed by atoms with Crippen LogP contribution in [0.1, 0.15) is 53.5 Å². The number of fused-ring (bicyclic) bond motifs is 1. The summed E-state index contributed by atoms with van der Waals surface area (Å²) in [5, 5.41) is 3.00. The van der Waals surface area contributed by atoms with E-state index in [4.69, 9.17) is 5.73 Å². The number of anilines is 1. The van der Waals surface area contributed by atoms with Crippen LogP contribution in [0.2, 0.25) is 0 Å². The largest absolute Gasteiger partial charge is 0.434 e. The summed E-state index contributed by atoms with van der Waals surface area (Å²) in [6.45, 7) is 0. The fourth-order valence-corrected chi connectivity index (χ4v) is 4.54. The first-order valence-electron chi connectivity index (χ1n) is 9.29. The molecule has 2 aromatic rings. The molecule has 2 aliphatic rings. The Labute approximate surface area is 173 Å². The molecule has 1 fully saturated rings. The number of carbonyl (C=O) groups is 1. The summed E-state index contributed by atoms with van der Waals surface area (Å²) in [7, 11) is 0. The first kappa shape index (κ1) is 20.1. The smallest absolute Gasteiger partial charge is 0.351 e. The van der Waals surface area contributed by atoms with Gasteiger partial charge in [0.1, 0.15) is 6.17 Å². The number of nitrogens with zero attached hydrogens (tertiary/aromatic N) is 3. The topological polar surface area (TPSA) is 84.1 Å². The molecule has 1 aliphatic heterocycles. The first-order valence-corrected chi connectivity index (χ1v) is 10.1. The van der Waals surface area contributed by atoms with Crippen molar-refractivity contribution in [3.05, 3.63) is 51.8 Å². The van der Waals surface area contributed by atoms with Crippen molar-refractivity contribution in [3.8, 4) is 0 Å². The number of hydrogen-bond donors (Lipinski definition) is 2. The maximum absolute atomic E-state index is 13.1. The highest BCUT2D eigenvalue weighted by molar-refractivity contribution is 9.10. The van der Waals surface area contributed by atoms with Crippen LogP contribution in [0.4, 0.5) is 19.1 Å². The van der Waals surface area contributed by atoms with E-state index in [0.29, 0.717) is 12.0 Å². The van der Waals surface area contributed by atoms with Gasteiger partial charge in [0.2, 0.25) is 5.95 Å². The van der Waals surface area contributed by atoms with Gasteiger partial charge in [-0.05, 0) is 47.7 Å². The van der Waals surface area contributed by atoms with Gasteiger partial charge in [0.25, 0.3) is 5.91 Å². The second kappa shape index (κ2) is 7.56. The van der Waals surface area contributed by atoms with Crippen molar-refractivity contribution in [1.82, 2.24) is 14.9 Å². The number of nitrogens with two attached hydrogens (primary N) is 1. The van der Waals surface area contributed by atoms with Crippen LogP contribution in [-0.4, -0.2) is 32.9 Å². The lowest BCUT2D eigenvalue weighted by atomic mass is 9.90. The van der Waals surface area contributed by atoms with Crippen molar-refractivity contribution >= 4 is 27.8 Å². The summed E-state index contributed by atoms with van der Waals surface area (Å²) in [5.41, 5.74) is 6.72. The maximum Gasteiger partial charge on any atom is 0.434 e. The van der Waals surface area contributed by atoms with Crippen molar-refractivity contribution < 1.29 is 18.0 Å². The van der Waals surface area contributed by atoms with Crippen LogP contribution in [-0.2, 0) is 6.18 Å². The minimum atomic E-state index is -4.58. The zero-order valence-corrected chi connectivity index (χ0v) is 16.9. The normalized spacial score (nSPS) is 24.5. The molecule has 3 atom stereocenters. The van der Waals surface area contributed by atoms with E-state index in [1.807, 2.05) is 12.1 Å². The number of rotatable bonds is 3. The maximum atomic E-state index is 13.1. The van der Waals surface area contributed by atoms with Gasteiger partial charge in [0, 0.05) is 29.4 Å². The van der Waals surface area contributed by atoms with Crippen LogP contribution in [0.15, 0.2) is 34.9 Å². The van der Waals surface area contributed by atoms with E-state index in [0.717, 1.165) is 31.0 Å². The number of aromatic nitrogens is 2. The van der Waals surface area contributed by atoms with Crippen molar-refractivity contribution in [2.24, 2.45) is 5.73 Å². The van der Waals surface area contributed by atoms with E-state index in [-0.39, 0.29) is 28.4 Å². The van der Waals surface area contributed by atoms with Crippen LogP contribution in [0, 0.1) is 0 Å². The second-order valence-corrected chi connectivity index (χ2v) is 8.15. The molecule has 29 heavy (non-hydrogen) atoms. The van der Waals surface area contributed by atoms with Gasteiger partial charge in [-0.2, -0.15) is 13.2 Å². The summed E-state index contributed by atoms with van der Waals surface area (Å²) in [5.74, 6) is -0.176. The van der Waals surface area contributed by atoms with Gasteiger partial charge in [0.05, 0.1) is 4.47 Å². The molecule has 2 heterocycles. The fourth-order valence-electron chi connectivity index (χ4n) is 4.12. The molecule has 4 rings (SSSR count). The van der Waals surface area contributed by atoms with E-state index in [9.17, 15) is 18.0 Å². The van der Waals surface area contributed by atoms with E-state index >= 15 is 0 Å².